The van der Waals surface area contributed by atoms with Gasteiger partial charge in [-0.15, -0.1) is 6.58 Å². The van der Waals surface area contributed by atoms with Crippen molar-refractivity contribution in [3.8, 4) is 17.0 Å². The molecular formula is C22H20ClN5O3. The molecule has 2 heterocycles. The van der Waals surface area contributed by atoms with Crippen LogP contribution >= 0.6 is 11.6 Å². The average Bonchev–Trinajstić information content (AvgIpc) is 3.52. The van der Waals surface area contributed by atoms with Gasteiger partial charge in [-0.1, -0.05) is 17.7 Å². The van der Waals surface area contributed by atoms with Crippen LogP contribution in [0.15, 0.2) is 55.3 Å². The molecule has 8 nitrogen and oxygen atoms in total. The number of carbonyl (C=O) groups excluding carboxylic acids is 2. The molecule has 1 saturated carbocycles. The van der Waals surface area contributed by atoms with Crippen LogP contribution in [-0.4, -0.2) is 38.4 Å². The number of anilines is 1. The fourth-order valence-corrected chi connectivity index (χ4v) is 3.37. The second kappa shape index (κ2) is 8.61. The fourth-order valence-electron chi connectivity index (χ4n) is 3.17. The summed E-state index contributed by atoms with van der Waals surface area (Å²) in [5.74, 6) is -0.188. The van der Waals surface area contributed by atoms with Gasteiger partial charge in [0, 0.05) is 29.9 Å². The first-order valence-corrected chi connectivity index (χ1v) is 10.1. The first-order valence-electron chi connectivity index (χ1n) is 9.72. The molecule has 0 bridgehead atoms. The molecule has 158 valence electrons. The van der Waals surface area contributed by atoms with Crippen molar-refractivity contribution in [1.29, 1.82) is 0 Å². The SMILES string of the molecule is C=CCNC(=O)n1nc(-c2cc(NC(=O)c3cccnc3Cl)ccc2O)cc1C1CC1. The summed E-state index contributed by atoms with van der Waals surface area (Å²) in [4.78, 5) is 28.9. The van der Waals surface area contributed by atoms with Gasteiger partial charge in [-0.25, -0.2) is 9.78 Å². The lowest BCUT2D eigenvalue weighted by molar-refractivity contribution is 0.102. The predicted octanol–water partition coefficient (Wildman–Crippen LogP) is 4.18. The highest BCUT2D eigenvalue weighted by molar-refractivity contribution is 6.33. The number of carbonyl (C=O) groups is 2. The first kappa shape index (κ1) is 20.6. The average molecular weight is 438 g/mol. The van der Waals surface area contributed by atoms with Gasteiger partial charge in [0.2, 0.25) is 0 Å². The van der Waals surface area contributed by atoms with E-state index in [0.29, 0.717) is 23.5 Å². The number of nitrogens with zero attached hydrogens (tertiary/aromatic N) is 3. The van der Waals surface area contributed by atoms with E-state index < -0.39 is 5.91 Å². The zero-order valence-corrected chi connectivity index (χ0v) is 17.3. The summed E-state index contributed by atoms with van der Waals surface area (Å²) in [6.07, 6.45) is 5.05. The summed E-state index contributed by atoms with van der Waals surface area (Å²) in [6.45, 7) is 3.92. The third-order valence-corrected chi connectivity index (χ3v) is 5.16. The Morgan fingerprint density at radius 3 is 2.81 bits per heavy atom. The summed E-state index contributed by atoms with van der Waals surface area (Å²) >= 11 is 5.99. The van der Waals surface area contributed by atoms with Crippen molar-refractivity contribution in [2.24, 2.45) is 0 Å². The van der Waals surface area contributed by atoms with Crippen LogP contribution in [0.2, 0.25) is 5.15 Å². The summed E-state index contributed by atoms with van der Waals surface area (Å²) in [6, 6.07) is 9.25. The van der Waals surface area contributed by atoms with Crippen LogP contribution in [-0.2, 0) is 0 Å². The lowest BCUT2D eigenvalue weighted by Crippen LogP contribution is -2.30. The van der Waals surface area contributed by atoms with Gasteiger partial charge in [0.1, 0.15) is 10.9 Å². The molecule has 3 aromatic rings. The van der Waals surface area contributed by atoms with Crippen LogP contribution in [0.25, 0.3) is 11.3 Å². The molecule has 0 spiro atoms. The highest BCUT2D eigenvalue weighted by Crippen LogP contribution is 2.42. The Bertz CT molecular complexity index is 1170. The number of benzene rings is 1. The maximum atomic E-state index is 12.5. The van der Waals surface area contributed by atoms with Gasteiger partial charge in [0.25, 0.3) is 5.91 Å². The normalized spacial score (nSPS) is 12.9. The minimum absolute atomic E-state index is 0.0177. The highest BCUT2D eigenvalue weighted by Gasteiger charge is 2.30. The number of amides is 2. The number of aromatic nitrogens is 3. The number of aromatic hydroxyl groups is 1. The van der Waals surface area contributed by atoms with Gasteiger partial charge >= 0.3 is 6.03 Å². The van der Waals surface area contributed by atoms with E-state index in [4.69, 9.17) is 11.6 Å². The van der Waals surface area contributed by atoms with E-state index in [1.807, 2.05) is 0 Å². The third kappa shape index (κ3) is 4.44. The summed E-state index contributed by atoms with van der Waals surface area (Å²) in [5.41, 5.74) is 2.29. The highest BCUT2D eigenvalue weighted by atomic mass is 35.5. The Balaban J connectivity index is 1.64. The lowest BCUT2D eigenvalue weighted by Gasteiger charge is -2.09. The standard InChI is InChI=1S/C22H20ClN5O3/c1-2-9-25-22(31)28-18(13-5-6-13)12-17(27-28)16-11-14(7-8-19(16)29)26-21(30)15-4-3-10-24-20(15)23/h2-4,7-8,10-13,29H,1,5-6,9H2,(H,25,31)(H,26,30). The molecule has 3 N–H and O–H groups in total. The molecule has 2 aromatic heterocycles. The zero-order chi connectivity index (χ0) is 22.0. The number of hydrogen-bond acceptors (Lipinski definition) is 5. The molecule has 31 heavy (non-hydrogen) atoms. The van der Waals surface area contributed by atoms with Crippen LogP contribution in [0.5, 0.6) is 5.75 Å². The number of phenols is 1. The van der Waals surface area contributed by atoms with Crippen LogP contribution in [0.4, 0.5) is 10.5 Å². The van der Waals surface area contributed by atoms with Crippen LogP contribution in [0, 0.1) is 0 Å². The first-order chi connectivity index (χ1) is 15.0. The maximum absolute atomic E-state index is 12.5. The van der Waals surface area contributed by atoms with Crippen LogP contribution in [0.1, 0.15) is 34.8 Å². The predicted molar refractivity (Wildman–Crippen MR) is 117 cm³/mol. The van der Waals surface area contributed by atoms with E-state index in [1.54, 1.807) is 36.4 Å². The molecule has 1 aromatic carbocycles. The molecule has 0 unspecified atom stereocenters. The molecule has 1 fully saturated rings. The second-order valence-corrected chi connectivity index (χ2v) is 7.50. The van der Waals surface area contributed by atoms with E-state index in [1.165, 1.54) is 16.9 Å². The largest absolute Gasteiger partial charge is 0.507 e. The molecule has 0 aliphatic heterocycles. The minimum atomic E-state index is -0.428. The Kier molecular flexibility index (Phi) is 5.73. The number of hydrogen-bond donors (Lipinski definition) is 3. The van der Waals surface area contributed by atoms with Gasteiger partial charge in [0.05, 0.1) is 17.0 Å². The summed E-state index contributed by atoms with van der Waals surface area (Å²) in [5, 5.41) is 20.4. The Morgan fingerprint density at radius 2 is 2.10 bits per heavy atom. The third-order valence-electron chi connectivity index (χ3n) is 4.86. The van der Waals surface area contributed by atoms with Crippen molar-refractivity contribution in [3.05, 3.63) is 71.7 Å². The summed E-state index contributed by atoms with van der Waals surface area (Å²) < 4.78 is 1.33. The quantitative estimate of drug-likeness (QED) is 0.304. The molecule has 2 amide bonds. The van der Waals surface area contributed by atoms with Gasteiger partial charge in [-0.2, -0.15) is 9.78 Å². The Morgan fingerprint density at radius 1 is 1.29 bits per heavy atom. The molecule has 0 saturated heterocycles. The van der Waals surface area contributed by atoms with E-state index in [9.17, 15) is 14.7 Å². The number of halogens is 1. The molecule has 4 rings (SSSR count). The zero-order valence-electron chi connectivity index (χ0n) is 16.5. The van der Waals surface area contributed by atoms with E-state index in [0.717, 1.165) is 18.5 Å². The fraction of sp³-hybridized carbons (Fsp3) is 0.182. The summed E-state index contributed by atoms with van der Waals surface area (Å²) in [7, 11) is 0. The number of nitrogens with one attached hydrogen (secondary N) is 2. The molecule has 1 aliphatic carbocycles. The molecule has 9 heteroatoms. The topological polar surface area (TPSA) is 109 Å². The van der Waals surface area contributed by atoms with Crippen molar-refractivity contribution in [2.45, 2.75) is 18.8 Å². The van der Waals surface area contributed by atoms with Crippen LogP contribution < -0.4 is 10.6 Å². The lowest BCUT2D eigenvalue weighted by atomic mass is 10.1. The molecule has 0 atom stereocenters. The van der Waals surface area contributed by atoms with Gasteiger partial charge in [-0.3, -0.25) is 4.79 Å². The van der Waals surface area contributed by atoms with Crippen molar-refractivity contribution < 1.29 is 14.7 Å². The smallest absolute Gasteiger partial charge is 0.342 e. The van der Waals surface area contributed by atoms with E-state index in [-0.39, 0.29) is 28.4 Å². The Labute approximate surface area is 183 Å². The van der Waals surface area contributed by atoms with Crippen molar-refractivity contribution >= 4 is 29.2 Å². The van der Waals surface area contributed by atoms with Crippen molar-refractivity contribution in [1.82, 2.24) is 20.1 Å². The van der Waals surface area contributed by atoms with Crippen molar-refractivity contribution in [2.75, 3.05) is 11.9 Å². The van der Waals surface area contributed by atoms with Crippen molar-refractivity contribution in [3.63, 3.8) is 0 Å². The monoisotopic (exact) mass is 437 g/mol. The van der Waals surface area contributed by atoms with Gasteiger partial charge < -0.3 is 15.7 Å². The van der Waals surface area contributed by atoms with E-state index in [2.05, 4.69) is 27.3 Å². The maximum Gasteiger partial charge on any atom is 0.342 e. The number of rotatable bonds is 6. The molecule has 1 aliphatic rings. The van der Waals surface area contributed by atoms with Gasteiger partial charge in [0.15, 0.2) is 0 Å². The number of pyridine rings is 1. The second-order valence-electron chi connectivity index (χ2n) is 7.14. The minimum Gasteiger partial charge on any atom is -0.507 e. The molecular weight excluding hydrogens is 418 g/mol. The molecule has 0 radical (unpaired) electrons. The number of phenolic OH excluding ortho intramolecular Hbond substituents is 1. The Hall–Kier alpha value is -3.65. The van der Waals surface area contributed by atoms with Gasteiger partial charge in [-0.05, 0) is 49.2 Å². The van der Waals surface area contributed by atoms with E-state index >= 15 is 0 Å². The van der Waals surface area contributed by atoms with Crippen LogP contribution in [0.3, 0.4) is 0 Å².